The van der Waals surface area contributed by atoms with Crippen LogP contribution in [0, 0.1) is 0 Å². The number of carbonyl (C=O) groups is 1. The number of hydrogen-bond donors (Lipinski definition) is 0. The minimum absolute atomic E-state index is 0.0265. The van der Waals surface area contributed by atoms with Crippen LogP contribution in [0.15, 0.2) is 97.1 Å². The molecule has 0 saturated heterocycles. The SMILES string of the molecule is O=C(COc1cccc2ccccc12)c1ccc(-c2ccccc2)cc1. The molecule has 126 valence electrons. The molecule has 0 N–H and O–H groups in total. The highest BCUT2D eigenvalue weighted by molar-refractivity contribution is 5.98. The molecule has 0 aliphatic rings. The van der Waals surface area contributed by atoms with E-state index in [0.717, 1.165) is 27.6 Å². The van der Waals surface area contributed by atoms with Crippen LogP contribution in [-0.4, -0.2) is 12.4 Å². The van der Waals surface area contributed by atoms with Crippen molar-refractivity contribution in [3.8, 4) is 16.9 Å². The van der Waals surface area contributed by atoms with Gasteiger partial charge in [-0.25, -0.2) is 0 Å². The molecule has 0 aliphatic heterocycles. The third kappa shape index (κ3) is 3.35. The predicted molar refractivity (Wildman–Crippen MR) is 106 cm³/mol. The van der Waals surface area contributed by atoms with E-state index in [4.69, 9.17) is 4.74 Å². The summed E-state index contributed by atoms with van der Waals surface area (Å²) in [5.41, 5.74) is 2.89. The summed E-state index contributed by atoms with van der Waals surface area (Å²) in [4.78, 5) is 12.5. The predicted octanol–water partition coefficient (Wildman–Crippen LogP) is 5.77. The number of hydrogen-bond acceptors (Lipinski definition) is 2. The highest BCUT2D eigenvalue weighted by atomic mass is 16.5. The Bertz CT molecular complexity index is 1030. The van der Waals surface area contributed by atoms with Crippen LogP contribution in [0.4, 0.5) is 0 Å². The zero-order valence-electron chi connectivity index (χ0n) is 14.3. The number of ketones is 1. The van der Waals surface area contributed by atoms with Crippen molar-refractivity contribution < 1.29 is 9.53 Å². The molecule has 4 aromatic carbocycles. The summed E-state index contributed by atoms with van der Waals surface area (Å²) in [6, 6.07) is 31.7. The lowest BCUT2D eigenvalue weighted by Crippen LogP contribution is -2.11. The first-order valence-electron chi connectivity index (χ1n) is 8.60. The van der Waals surface area contributed by atoms with Crippen LogP contribution < -0.4 is 4.74 Å². The molecule has 2 heteroatoms. The van der Waals surface area contributed by atoms with Crippen molar-refractivity contribution >= 4 is 16.6 Å². The first-order valence-corrected chi connectivity index (χ1v) is 8.60. The number of Topliss-reactive ketones (excluding diaryl/α,β-unsaturated/α-hetero) is 1. The van der Waals surface area contributed by atoms with Crippen molar-refractivity contribution in [1.82, 2.24) is 0 Å². The Labute approximate surface area is 152 Å². The fourth-order valence-electron chi connectivity index (χ4n) is 3.03. The molecule has 0 heterocycles. The van der Waals surface area contributed by atoms with Crippen molar-refractivity contribution in [3.05, 3.63) is 103 Å². The maximum absolute atomic E-state index is 12.5. The molecular formula is C24H18O2. The Morgan fingerprint density at radius 2 is 1.31 bits per heavy atom. The van der Waals surface area contributed by atoms with Gasteiger partial charge in [0.05, 0.1) is 0 Å². The maximum Gasteiger partial charge on any atom is 0.200 e. The minimum atomic E-state index is -0.0301. The topological polar surface area (TPSA) is 26.3 Å². The molecule has 0 radical (unpaired) electrons. The van der Waals surface area contributed by atoms with Gasteiger partial charge in [-0.15, -0.1) is 0 Å². The zero-order chi connectivity index (χ0) is 17.8. The van der Waals surface area contributed by atoms with Crippen LogP contribution in [0.3, 0.4) is 0 Å². The molecule has 0 bridgehead atoms. The summed E-state index contributed by atoms with van der Waals surface area (Å²) >= 11 is 0. The fourth-order valence-corrected chi connectivity index (χ4v) is 3.03. The van der Waals surface area contributed by atoms with Crippen molar-refractivity contribution in [1.29, 1.82) is 0 Å². The molecule has 0 amide bonds. The molecule has 4 rings (SSSR count). The van der Waals surface area contributed by atoms with E-state index < -0.39 is 0 Å². The van der Waals surface area contributed by atoms with E-state index in [2.05, 4.69) is 12.1 Å². The minimum Gasteiger partial charge on any atom is -0.485 e. The van der Waals surface area contributed by atoms with Gasteiger partial charge >= 0.3 is 0 Å². The van der Waals surface area contributed by atoms with Gasteiger partial charge in [-0.05, 0) is 22.6 Å². The lowest BCUT2D eigenvalue weighted by Gasteiger charge is -2.09. The number of benzene rings is 4. The van der Waals surface area contributed by atoms with E-state index in [-0.39, 0.29) is 12.4 Å². The summed E-state index contributed by atoms with van der Waals surface area (Å²) in [5, 5.41) is 2.12. The molecule has 4 aromatic rings. The van der Waals surface area contributed by atoms with Gasteiger partial charge in [-0.3, -0.25) is 4.79 Å². The average Bonchev–Trinajstić information content (AvgIpc) is 2.73. The molecule has 26 heavy (non-hydrogen) atoms. The van der Waals surface area contributed by atoms with Crippen LogP contribution in [0.5, 0.6) is 5.75 Å². The van der Waals surface area contributed by atoms with Crippen molar-refractivity contribution in [2.75, 3.05) is 6.61 Å². The number of rotatable bonds is 5. The maximum atomic E-state index is 12.5. The Kier molecular flexibility index (Phi) is 4.48. The van der Waals surface area contributed by atoms with Crippen LogP contribution in [0.25, 0.3) is 21.9 Å². The largest absolute Gasteiger partial charge is 0.485 e. The van der Waals surface area contributed by atoms with E-state index in [1.165, 1.54) is 0 Å². The molecular weight excluding hydrogens is 320 g/mol. The molecule has 0 fully saturated rings. The van der Waals surface area contributed by atoms with Gasteiger partial charge in [0.15, 0.2) is 12.4 Å². The van der Waals surface area contributed by atoms with E-state index in [0.29, 0.717) is 5.56 Å². The van der Waals surface area contributed by atoms with Gasteiger partial charge in [0.2, 0.25) is 0 Å². The Morgan fingerprint density at radius 3 is 2.12 bits per heavy atom. The molecule has 0 aromatic heterocycles. The van der Waals surface area contributed by atoms with Crippen molar-refractivity contribution in [2.45, 2.75) is 0 Å². The molecule has 2 nitrogen and oxygen atoms in total. The summed E-state index contributed by atoms with van der Waals surface area (Å²) in [6.07, 6.45) is 0. The Morgan fingerprint density at radius 1 is 0.654 bits per heavy atom. The summed E-state index contributed by atoms with van der Waals surface area (Å²) < 4.78 is 5.80. The van der Waals surface area contributed by atoms with Crippen LogP contribution in [0.2, 0.25) is 0 Å². The molecule has 0 spiro atoms. The number of carbonyl (C=O) groups excluding carboxylic acids is 1. The first kappa shape index (κ1) is 16.1. The molecule has 0 saturated carbocycles. The van der Waals surface area contributed by atoms with Crippen LogP contribution in [-0.2, 0) is 0 Å². The average molecular weight is 338 g/mol. The van der Waals surface area contributed by atoms with Gasteiger partial charge in [0.25, 0.3) is 0 Å². The normalized spacial score (nSPS) is 10.6. The summed E-state index contributed by atoms with van der Waals surface area (Å²) in [7, 11) is 0. The Balaban J connectivity index is 1.48. The van der Waals surface area contributed by atoms with E-state index >= 15 is 0 Å². The van der Waals surface area contributed by atoms with E-state index in [9.17, 15) is 4.79 Å². The number of fused-ring (bicyclic) bond motifs is 1. The lowest BCUT2D eigenvalue weighted by atomic mass is 10.0. The van der Waals surface area contributed by atoms with Gasteiger partial charge in [-0.1, -0.05) is 91.0 Å². The third-order valence-corrected chi connectivity index (χ3v) is 4.42. The summed E-state index contributed by atoms with van der Waals surface area (Å²) in [6.45, 7) is 0.0265. The van der Waals surface area contributed by atoms with Gasteiger partial charge < -0.3 is 4.74 Å². The van der Waals surface area contributed by atoms with Crippen molar-refractivity contribution in [3.63, 3.8) is 0 Å². The Hall–Kier alpha value is -3.39. The fraction of sp³-hybridized carbons (Fsp3) is 0.0417. The first-order chi connectivity index (χ1) is 12.8. The summed E-state index contributed by atoms with van der Waals surface area (Å²) in [5.74, 6) is 0.704. The van der Waals surface area contributed by atoms with Gasteiger partial charge in [-0.2, -0.15) is 0 Å². The van der Waals surface area contributed by atoms with Crippen molar-refractivity contribution in [2.24, 2.45) is 0 Å². The second-order valence-corrected chi connectivity index (χ2v) is 6.13. The monoisotopic (exact) mass is 338 g/mol. The zero-order valence-corrected chi connectivity index (χ0v) is 14.3. The quantitative estimate of drug-likeness (QED) is 0.432. The second-order valence-electron chi connectivity index (χ2n) is 6.13. The standard InChI is InChI=1S/C24H18O2/c25-23(17-26-24-12-6-10-20-9-4-5-11-22(20)24)21-15-13-19(14-16-21)18-7-2-1-3-8-18/h1-16H,17H2. The van der Waals surface area contributed by atoms with Crippen LogP contribution in [0.1, 0.15) is 10.4 Å². The number of ether oxygens (including phenoxy) is 1. The molecule has 0 unspecified atom stereocenters. The highest BCUT2D eigenvalue weighted by Crippen LogP contribution is 2.25. The smallest absolute Gasteiger partial charge is 0.200 e. The molecule has 0 atom stereocenters. The van der Waals surface area contributed by atoms with Gasteiger partial charge in [0, 0.05) is 10.9 Å². The van der Waals surface area contributed by atoms with Gasteiger partial charge in [0.1, 0.15) is 5.75 Å². The van der Waals surface area contributed by atoms with E-state index in [1.807, 2.05) is 84.9 Å². The van der Waals surface area contributed by atoms with Crippen LogP contribution >= 0.6 is 0 Å². The molecule has 0 aliphatic carbocycles. The highest BCUT2D eigenvalue weighted by Gasteiger charge is 2.09. The van der Waals surface area contributed by atoms with E-state index in [1.54, 1.807) is 0 Å². The second kappa shape index (κ2) is 7.24. The lowest BCUT2D eigenvalue weighted by molar-refractivity contribution is 0.0922. The third-order valence-electron chi connectivity index (χ3n) is 4.42.